The van der Waals surface area contributed by atoms with E-state index < -0.39 is 5.60 Å². The first-order valence-corrected chi connectivity index (χ1v) is 11.9. The number of piperazine rings is 1. The Bertz CT molecular complexity index is 1010. The van der Waals surface area contributed by atoms with Crippen LogP contribution in [0, 0.1) is 5.82 Å². The van der Waals surface area contributed by atoms with E-state index in [0.717, 1.165) is 49.4 Å². The second kappa shape index (κ2) is 10.3. The number of carbonyl (C=O) groups is 1. The SMILES string of the molecule is C[C@@H]1CN(Cc2ccc(F)cc2)CCN1C(=O)/C=C/c1ccc(Cl)cc1C1(O)CCNCC1. The van der Waals surface area contributed by atoms with Crippen LogP contribution in [0.2, 0.25) is 5.02 Å². The normalized spacial score (nSPS) is 21.5. The second-order valence-corrected chi connectivity index (χ2v) is 9.53. The number of hydrogen-bond acceptors (Lipinski definition) is 4. The molecule has 5 nitrogen and oxygen atoms in total. The van der Waals surface area contributed by atoms with Gasteiger partial charge in [0.15, 0.2) is 0 Å². The number of amides is 1. The molecule has 2 N–H and O–H groups in total. The summed E-state index contributed by atoms with van der Waals surface area (Å²) in [5.41, 5.74) is 1.71. The molecule has 2 aliphatic rings. The van der Waals surface area contributed by atoms with Crippen molar-refractivity contribution in [1.29, 1.82) is 0 Å². The molecule has 0 bridgehead atoms. The molecule has 0 aromatic heterocycles. The first-order chi connectivity index (χ1) is 15.8. The van der Waals surface area contributed by atoms with Gasteiger partial charge in [0.1, 0.15) is 5.82 Å². The Morgan fingerprint density at radius 3 is 2.64 bits per heavy atom. The van der Waals surface area contributed by atoms with E-state index in [-0.39, 0.29) is 17.8 Å². The molecule has 0 saturated carbocycles. The maximum absolute atomic E-state index is 13.1. The molecule has 2 fully saturated rings. The van der Waals surface area contributed by atoms with Gasteiger partial charge in [0.2, 0.25) is 5.91 Å². The van der Waals surface area contributed by atoms with E-state index >= 15 is 0 Å². The summed E-state index contributed by atoms with van der Waals surface area (Å²) in [5, 5.41) is 15.1. The minimum absolute atomic E-state index is 0.0397. The quantitative estimate of drug-likeness (QED) is 0.651. The second-order valence-electron chi connectivity index (χ2n) is 9.09. The van der Waals surface area contributed by atoms with Crippen LogP contribution in [0.15, 0.2) is 48.5 Å². The first-order valence-electron chi connectivity index (χ1n) is 11.5. The van der Waals surface area contributed by atoms with Crippen LogP contribution in [0.4, 0.5) is 4.39 Å². The van der Waals surface area contributed by atoms with Gasteiger partial charge in [-0.1, -0.05) is 29.8 Å². The number of benzene rings is 2. The standard InChI is InChI=1S/C26H31ClFN3O2/c1-19-17-30(18-20-2-7-23(28)8-3-20)14-15-31(19)25(32)9-5-21-4-6-22(27)16-24(21)26(33)10-12-29-13-11-26/h2-9,16,19,29,33H,10-15,17-18H2,1H3/b9-5+/t19-/m1/s1. The lowest BCUT2D eigenvalue weighted by Crippen LogP contribution is -2.53. The van der Waals surface area contributed by atoms with Gasteiger partial charge in [-0.05, 0) is 79.9 Å². The van der Waals surface area contributed by atoms with Gasteiger partial charge in [-0.2, -0.15) is 0 Å². The average Bonchev–Trinajstić information content (AvgIpc) is 2.80. The highest BCUT2D eigenvalue weighted by Gasteiger charge is 2.33. The molecule has 4 rings (SSSR count). The fourth-order valence-electron chi connectivity index (χ4n) is 4.80. The summed E-state index contributed by atoms with van der Waals surface area (Å²) < 4.78 is 13.1. The van der Waals surface area contributed by atoms with Crippen molar-refractivity contribution in [2.75, 3.05) is 32.7 Å². The van der Waals surface area contributed by atoms with E-state index in [1.807, 2.05) is 24.0 Å². The van der Waals surface area contributed by atoms with Gasteiger partial charge in [0, 0.05) is 43.3 Å². The number of halogens is 2. The maximum atomic E-state index is 13.1. The van der Waals surface area contributed by atoms with Gasteiger partial charge < -0.3 is 15.3 Å². The van der Waals surface area contributed by atoms with Crippen molar-refractivity contribution < 1.29 is 14.3 Å². The van der Waals surface area contributed by atoms with Gasteiger partial charge in [-0.25, -0.2) is 4.39 Å². The summed E-state index contributed by atoms with van der Waals surface area (Å²) in [5.74, 6) is -0.271. The van der Waals surface area contributed by atoms with Crippen molar-refractivity contribution in [3.05, 3.63) is 76.1 Å². The molecule has 0 unspecified atom stereocenters. The largest absolute Gasteiger partial charge is 0.385 e. The fourth-order valence-corrected chi connectivity index (χ4v) is 4.97. The molecule has 33 heavy (non-hydrogen) atoms. The third-order valence-corrected chi connectivity index (χ3v) is 6.90. The molecule has 7 heteroatoms. The predicted molar refractivity (Wildman–Crippen MR) is 129 cm³/mol. The van der Waals surface area contributed by atoms with E-state index in [1.54, 1.807) is 30.4 Å². The molecule has 176 valence electrons. The van der Waals surface area contributed by atoms with Gasteiger partial charge in [0.05, 0.1) is 5.60 Å². The van der Waals surface area contributed by atoms with Crippen molar-refractivity contribution in [3.8, 4) is 0 Å². The van der Waals surface area contributed by atoms with Gasteiger partial charge in [0.25, 0.3) is 0 Å². The van der Waals surface area contributed by atoms with E-state index in [2.05, 4.69) is 10.2 Å². The summed E-state index contributed by atoms with van der Waals surface area (Å²) in [4.78, 5) is 17.2. The van der Waals surface area contributed by atoms with E-state index in [4.69, 9.17) is 11.6 Å². The Morgan fingerprint density at radius 1 is 1.21 bits per heavy atom. The van der Waals surface area contributed by atoms with Crippen molar-refractivity contribution in [2.24, 2.45) is 0 Å². The molecule has 1 atom stereocenters. The van der Waals surface area contributed by atoms with Gasteiger partial charge >= 0.3 is 0 Å². The average molecular weight is 472 g/mol. The van der Waals surface area contributed by atoms with Crippen LogP contribution >= 0.6 is 11.6 Å². The molecule has 2 aliphatic heterocycles. The summed E-state index contributed by atoms with van der Waals surface area (Å²) in [6, 6.07) is 12.1. The molecule has 2 saturated heterocycles. The molecule has 1 amide bonds. The maximum Gasteiger partial charge on any atom is 0.246 e. The lowest BCUT2D eigenvalue weighted by atomic mass is 9.82. The number of aliphatic hydroxyl groups is 1. The Kier molecular flexibility index (Phi) is 7.49. The van der Waals surface area contributed by atoms with Crippen LogP contribution in [0.5, 0.6) is 0 Å². The van der Waals surface area contributed by atoms with Crippen LogP contribution in [0.3, 0.4) is 0 Å². The first kappa shape index (κ1) is 23.9. The number of hydrogen-bond donors (Lipinski definition) is 2. The van der Waals surface area contributed by atoms with E-state index in [1.165, 1.54) is 12.1 Å². The van der Waals surface area contributed by atoms with Crippen LogP contribution in [0.1, 0.15) is 36.5 Å². The topological polar surface area (TPSA) is 55.8 Å². The molecule has 2 heterocycles. The van der Waals surface area contributed by atoms with Crippen LogP contribution in [-0.4, -0.2) is 59.6 Å². The van der Waals surface area contributed by atoms with Crippen molar-refractivity contribution >= 4 is 23.6 Å². The number of nitrogens with one attached hydrogen (secondary N) is 1. The third-order valence-electron chi connectivity index (χ3n) is 6.67. The zero-order valence-electron chi connectivity index (χ0n) is 18.9. The highest BCUT2D eigenvalue weighted by molar-refractivity contribution is 6.30. The lowest BCUT2D eigenvalue weighted by Gasteiger charge is -2.39. The van der Waals surface area contributed by atoms with Gasteiger partial charge in [-0.15, -0.1) is 0 Å². The molecule has 0 aliphatic carbocycles. The Hall–Kier alpha value is -2.25. The molecule has 2 aromatic rings. The highest BCUT2D eigenvalue weighted by atomic mass is 35.5. The molecular weight excluding hydrogens is 441 g/mol. The Balaban J connectivity index is 1.41. The zero-order chi connectivity index (χ0) is 23.4. The number of rotatable bonds is 5. The molecule has 0 radical (unpaired) electrons. The van der Waals surface area contributed by atoms with Gasteiger partial charge in [-0.3, -0.25) is 9.69 Å². The summed E-state index contributed by atoms with van der Waals surface area (Å²) in [6.07, 6.45) is 4.61. The molecule has 0 spiro atoms. The fraction of sp³-hybridized carbons (Fsp3) is 0.423. The van der Waals surface area contributed by atoms with Crippen LogP contribution < -0.4 is 5.32 Å². The number of carbonyl (C=O) groups excluding carboxylic acids is 1. The third kappa shape index (κ3) is 5.82. The molecule has 2 aromatic carbocycles. The highest BCUT2D eigenvalue weighted by Crippen LogP contribution is 2.35. The monoisotopic (exact) mass is 471 g/mol. The van der Waals surface area contributed by atoms with Crippen molar-refractivity contribution in [2.45, 2.75) is 38.0 Å². The van der Waals surface area contributed by atoms with Crippen LogP contribution in [0.25, 0.3) is 6.08 Å². The van der Waals surface area contributed by atoms with E-state index in [9.17, 15) is 14.3 Å². The summed E-state index contributed by atoms with van der Waals surface area (Å²) in [7, 11) is 0. The minimum Gasteiger partial charge on any atom is -0.385 e. The Labute approximate surface area is 199 Å². The predicted octanol–water partition coefficient (Wildman–Crippen LogP) is 3.80. The molecular formula is C26H31ClFN3O2. The lowest BCUT2D eigenvalue weighted by molar-refractivity contribution is -0.130. The van der Waals surface area contributed by atoms with Crippen molar-refractivity contribution in [3.63, 3.8) is 0 Å². The van der Waals surface area contributed by atoms with Crippen LogP contribution in [-0.2, 0) is 16.9 Å². The smallest absolute Gasteiger partial charge is 0.246 e. The van der Waals surface area contributed by atoms with E-state index in [0.29, 0.717) is 24.4 Å². The number of piperidine rings is 1. The Morgan fingerprint density at radius 2 is 1.94 bits per heavy atom. The zero-order valence-corrected chi connectivity index (χ0v) is 19.7. The van der Waals surface area contributed by atoms with Crippen molar-refractivity contribution in [1.82, 2.24) is 15.1 Å². The summed E-state index contributed by atoms with van der Waals surface area (Å²) >= 11 is 6.23. The number of nitrogens with zero attached hydrogens (tertiary/aromatic N) is 2. The summed E-state index contributed by atoms with van der Waals surface area (Å²) in [6.45, 7) is 6.43. The minimum atomic E-state index is -0.946.